The third-order valence-corrected chi connectivity index (χ3v) is 2.41. The summed E-state index contributed by atoms with van der Waals surface area (Å²) in [7, 11) is 0. The maximum Gasteiger partial charge on any atom is 0.214 e. The minimum atomic E-state index is -0.448. The molecule has 14 heavy (non-hydrogen) atoms. The minimum Gasteiger partial charge on any atom is -0.382 e. The van der Waals surface area contributed by atoms with Crippen LogP contribution in [0.3, 0.4) is 0 Å². The number of pyridine rings is 1. The van der Waals surface area contributed by atoms with E-state index in [-0.39, 0.29) is 11.5 Å². The summed E-state index contributed by atoms with van der Waals surface area (Å²) in [6.07, 6.45) is 1.47. The predicted octanol–water partition coefficient (Wildman–Crippen LogP) is 3.07. The summed E-state index contributed by atoms with van der Waals surface area (Å²) in [4.78, 5) is 3.50. The van der Waals surface area contributed by atoms with Crippen molar-refractivity contribution in [2.24, 2.45) is 5.41 Å². The van der Waals surface area contributed by atoms with Gasteiger partial charge in [-0.25, -0.2) is 4.98 Å². The van der Waals surface area contributed by atoms with Crippen molar-refractivity contribution in [3.63, 3.8) is 0 Å². The molecule has 0 aromatic carbocycles. The summed E-state index contributed by atoms with van der Waals surface area (Å²) in [5, 5.41) is 3.24. The largest absolute Gasteiger partial charge is 0.382 e. The molecule has 0 fully saturated rings. The molecule has 0 aliphatic rings. The van der Waals surface area contributed by atoms with E-state index in [4.69, 9.17) is 0 Å². The molecule has 0 aliphatic carbocycles. The Bertz CT molecular complexity index is 304. The number of anilines is 1. The van der Waals surface area contributed by atoms with E-state index in [9.17, 15) is 4.39 Å². The highest BCUT2D eigenvalue weighted by molar-refractivity contribution is 5.42. The Morgan fingerprint density at radius 2 is 2.07 bits per heavy atom. The van der Waals surface area contributed by atoms with Gasteiger partial charge in [-0.3, -0.25) is 0 Å². The standard InChI is InChI=1S/C11H17FN2/c1-8(11(2,3)4)14-9-5-6-13-10(12)7-9/h5-8H,1-4H3,(H,13,14). The van der Waals surface area contributed by atoms with E-state index < -0.39 is 5.95 Å². The maximum atomic E-state index is 12.8. The quantitative estimate of drug-likeness (QED) is 0.735. The molecule has 0 saturated heterocycles. The summed E-state index contributed by atoms with van der Waals surface area (Å²) in [6, 6.07) is 3.46. The van der Waals surface area contributed by atoms with Crippen LogP contribution >= 0.6 is 0 Å². The molecular formula is C11H17FN2. The van der Waals surface area contributed by atoms with E-state index in [1.165, 1.54) is 12.3 Å². The van der Waals surface area contributed by atoms with Crippen LogP contribution in [0.4, 0.5) is 10.1 Å². The maximum absolute atomic E-state index is 12.8. The van der Waals surface area contributed by atoms with Crippen LogP contribution in [-0.2, 0) is 0 Å². The molecule has 1 N–H and O–H groups in total. The predicted molar refractivity (Wildman–Crippen MR) is 56.7 cm³/mol. The molecule has 0 amide bonds. The fourth-order valence-corrected chi connectivity index (χ4v) is 0.959. The van der Waals surface area contributed by atoms with Crippen molar-refractivity contribution < 1.29 is 4.39 Å². The number of nitrogens with zero attached hydrogens (tertiary/aromatic N) is 1. The van der Waals surface area contributed by atoms with Gasteiger partial charge in [0.2, 0.25) is 5.95 Å². The molecule has 0 radical (unpaired) electrons. The van der Waals surface area contributed by atoms with Crippen LogP contribution in [0.2, 0.25) is 0 Å². The molecule has 1 aromatic rings. The topological polar surface area (TPSA) is 24.9 Å². The molecule has 1 rings (SSSR count). The van der Waals surface area contributed by atoms with E-state index in [1.54, 1.807) is 6.07 Å². The number of hydrogen-bond acceptors (Lipinski definition) is 2. The van der Waals surface area contributed by atoms with Gasteiger partial charge in [0, 0.05) is 24.0 Å². The van der Waals surface area contributed by atoms with Crippen molar-refractivity contribution in [1.82, 2.24) is 4.98 Å². The van der Waals surface area contributed by atoms with Crippen LogP contribution < -0.4 is 5.32 Å². The van der Waals surface area contributed by atoms with Crippen LogP contribution in [0.15, 0.2) is 18.3 Å². The lowest BCUT2D eigenvalue weighted by Crippen LogP contribution is -2.30. The molecule has 3 heteroatoms. The summed E-state index contributed by atoms with van der Waals surface area (Å²) in [5.41, 5.74) is 0.930. The van der Waals surface area contributed by atoms with Crippen LogP contribution in [-0.4, -0.2) is 11.0 Å². The number of rotatable bonds is 2. The lowest BCUT2D eigenvalue weighted by atomic mass is 9.88. The van der Waals surface area contributed by atoms with Crippen molar-refractivity contribution in [2.75, 3.05) is 5.32 Å². The van der Waals surface area contributed by atoms with Crippen molar-refractivity contribution in [1.29, 1.82) is 0 Å². The van der Waals surface area contributed by atoms with Gasteiger partial charge < -0.3 is 5.32 Å². The van der Waals surface area contributed by atoms with Gasteiger partial charge in [-0.1, -0.05) is 20.8 Å². The minimum absolute atomic E-state index is 0.153. The van der Waals surface area contributed by atoms with Gasteiger partial charge >= 0.3 is 0 Å². The number of halogens is 1. The molecule has 0 bridgehead atoms. The third kappa shape index (κ3) is 2.98. The zero-order valence-corrected chi connectivity index (χ0v) is 9.13. The molecular weight excluding hydrogens is 179 g/mol. The smallest absolute Gasteiger partial charge is 0.214 e. The number of aromatic nitrogens is 1. The Hall–Kier alpha value is -1.12. The van der Waals surface area contributed by atoms with Crippen LogP contribution in [0.25, 0.3) is 0 Å². The summed E-state index contributed by atoms with van der Waals surface area (Å²) < 4.78 is 12.8. The average Bonchev–Trinajstić information content (AvgIpc) is 2.02. The van der Waals surface area contributed by atoms with E-state index in [1.807, 2.05) is 0 Å². The zero-order valence-electron chi connectivity index (χ0n) is 9.13. The summed E-state index contributed by atoms with van der Waals surface area (Å²) in [5.74, 6) is -0.448. The number of hydrogen-bond donors (Lipinski definition) is 1. The van der Waals surface area contributed by atoms with Crippen molar-refractivity contribution >= 4 is 5.69 Å². The normalized spacial score (nSPS) is 13.8. The molecule has 0 saturated carbocycles. The van der Waals surface area contributed by atoms with Crippen molar-refractivity contribution in [3.05, 3.63) is 24.3 Å². The monoisotopic (exact) mass is 196 g/mol. The Kier molecular flexibility index (Phi) is 3.09. The van der Waals surface area contributed by atoms with E-state index in [0.29, 0.717) is 0 Å². The molecule has 1 unspecified atom stereocenters. The zero-order chi connectivity index (χ0) is 10.8. The molecule has 2 nitrogen and oxygen atoms in total. The van der Waals surface area contributed by atoms with Crippen LogP contribution in [0.1, 0.15) is 27.7 Å². The van der Waals surface area contributed by atoms with Crippen LogP contribution in [0.5, 0.6) is 0 Å². The lowest BCUT2D eigenvalue weighted by molar-refractivity contribution is 0.359. The molecule has 1 aromatic heterocycles. The van der Waals surface area contributed by atoms with Crippen LogP contribution in [0, 0.1) is 11.4 Å². The highest BCUT2D eigenvalue weighted by Crippen LogP contribution is 2.22. The van der Waals surface area contributed by atoms with E-state index >= 15 is 0 Å². The molecule has 78 valence electrons. The SMILES string of the molecule is CC(Nc1ccnc(F)c1)C(C)(C)C. The van der Waals surface area contributed by atoms with Gasteiger partial charge in [0.05, 0.1) is 0 Å². The first-order valence-electron chi connectivity index (χ1n) is 4.77. The summed E-state index contributed by atoms with van der Waals surface area (Å²) >= 11 is 0. The van der Waals surface area contributed by atoms with Crippen molar-refractivity contribution in [2.45, 2.75) is 33.7 Å². The number of nitrogens with one attached hydrogen (secondary N) is 1. The van der Waals surface area contributed by atoms with Gasteiger partial charge in [-0.15, -0.1) is 0 Å². The second-order valence-electron chi connectivity index (χ2n) is 4.60. The second kappa shape index (κ2) is 3.95. The van der Waals surface area contributed by atoms with Gasteiger partial charge in [0.25, 0.3) is 0 Å². The van der Waals surface area contributed by atoms with Gasteiger partial charge in [0.1, 0.15) is 0 Å². The first-order valence-corrected chi connectivity index (χ1v) is 4.77. The average molecular weight is 196 g/mol. The molecule has 0 spiro atoms. The third-order valence-electron chi connectivity index (χ3n) is 2.41. The Labute approximate surface area is 84.6 Å². The molecule has 0 aliphatic heterocycles. The highest BCUT2D eigenvalue weighted by Gasteiger charge is 2.19. The van der Waals surface area contributed by atoms with E-state index in [2.05, 4.69) is 38.0 Å². The Balaban J connectivity index is 2.70. The Morgan fingerprint density at radius 1 is 1.43 bits per heavy atom. The summed E-state index contributed by atoms with van der Waals surface area (Å²) in [6.45, 7) is 8.50. The van der Waals surface area contributed by atoms with E-state index in [0.717, 1.165) is 5.69 Å². The van der Waals surface area contributed by atoms with Gasteiger partial charge in [-0.05, 0) is 18.4 Å². The highest BCUT2D eigenvalue weighted by atomic mass is 19.1. The van der Waals surface area contributed by atoms with Gasteiger partial charge in [0.15, 0.2) is 0 Å². The first kappa shape index (κ1) is 11.0. The lowest BCUT2D eigenvalue weighted by Gasteiger charge is -2.28. The second-order valence-corrected chi connectivity index (χ2v) is 4.60. The van der Waals surface area contributed by atoms with Gasteiger partial charge in [-0.2, -0.15) is 4.39 Å². The Morgan fingerprint density at radius 3 is 2.57 bits per heavy atom. The van der Waals surface area contributed by atoms with Crippen molar-refractivity contribution in [3.8, 4) is 0 Å². The first-order chi connectivity index (χ1) is 6.39. The molecule has 1 heterocycles. The fourth-order valence-electron chi connectivity index (χ4n) is 0.959. The fraction of sp³-hybridized carbons (Fsp3) is 0.545. The molecule has 1 atom stereocenters.